The monoisotopic (exact) mass is 277 g/mol. The van der Waals surface area contributed by atoms with Crippen LogP contribution in [0, 0.1) is 0 Å². The Morgan fingerprint density at radius 1 is 1.21 bits per heavy atom. The van der Waals surface area contributed by atoms with Crippen molar-refractivity contribution < 1.29 is 8.42 Å². The van der Waals surface area contributed by atoms with Crippen molar-refractivity contribution in [3.8, 4) is 11.3 Å². The van der Waals surface area contributed by atoms with Crippen LogP contribution in [0.25, 0.3) is 11.3 Å². The topological polar surface area (TPSA) is 72.8 Å². The first-order chi connectivity index (χ1) is 9.13. The first kappa shape index (κ1) is 13.6. The van der Waals surface area contributed by atoms with Gasteiger partial charge in [0, 0.05) is 24.2 Å². The van der Waals surface area contributed by atoms with E-state index in [1.165, 1.54) is 6.20 Å². The molecule has 6 heteroatoms. The zero-order valence-corrected chi connectivity index (χ0v) is 11.5. The molecule has 0 aromatic carbocycles. The molecule has 2 aromatic heterocycles. The van der Waals surface area contributed by atoms with Crippen molar-refractivity contribution in [1.82, 2.24) is 15.0 Å². The van der Waals surface area contributed by atoms with E-state index in [4.69, 9.17) is 0 Å². The molecule has 2 heterocycles. The fourth-order valence-electron chi connectivity index (χ4n) is 1.59. The predicted octanol–water partition coefficient (Wildman–Crippen LogP) is 2.11. The van der Waals surface area contributed by atoms with Crippen LogP contribution in [-0.2, 0) is 9.84 Å². The lowest BCUT2D eigenvalue weighted by Gasteiger charge is -2.04. The van der Waals surface area contributed by atoms with E-state index >= 15 is 0 Å². The van der Waals surface area contributed by atoms with Crippen molar-refractivity contribution >= 4 is 9.84 Å². The van der Waals surface area contributed by atoms with Crippen LogP contribution in [-0.4, -0.2) is 29.1 Å². The maximum absolute atomic E-state index is 12.0. The largest absolute Gasteiger partial charge is 0.264 e. The Labute approximate surface area is 112 Å². The third kappa shape index (κ3) is 3.35. The van der Waals surface area contributed by atoms with Gasteiger partial charge in [-0.25, -0.2) is 18.4 Å². The van der Waals surface area contributed by atoms with Gasteiger partial charge in [0.25, 0.3) is 0 Å². The minimum Gasteiger partial charge on any atom is -0.264 e. The van der Waals surface area contributed by atoms with Gasteiger partial charge < -0.3 is 0 Å². The van der Waals surface area contributed by atoms with E-state index < -0.39 is 9.84 Å². The van der Waals surface area contributed by atoms with Gasteiger partial charge in [-0.3, -0.25) is 4.98 Å². The minimum absolute atomic E-state index is 0.0833. The van der Waals surface area contributed by atoms with E-state index in [1.54, 1.807) is 24.5 Å². The summed E-state index contributed by atoms with van der Waals surface area (Å²) in [5.74, 6) is 0.0833. The SMILES string of the molecule is CCCCS(=O)(=O)c1nccc(-c2cccnc2)n1. The lowest BCUT2D eigenvalue weighted by atomic mass is 10.2. The summed E-state index contributed by atoms with van der Waals surface area (Å²) >= 11 is 0. The smallest absolute Gasteiger partial charge is 0.247 e. The highest BCUT2D eigenvalue weighted by molar-refractivity contribution is 7.91. The van der Waals surface area contributed by atoms with Crippen molar-refractivity contribution in [3.63, 3.8) is 0 Å². The number of hydrogen-bond donors (Lipinski definition) is 0. The maximum Gasteiger partial charge on any atom is 0.247 e. The fraction of sp³-hybridized carbons (Fsp3) is 0.308. The molecule has 2 aromatic rings. The summed E-state index contributed by atoms with van der Waals surface area (Å²) in [6, 6.07) is 5.29. The Hall–Kier alpha value is -1.82. The van der Waals surface area contributed by atoms with Crippen LogP contribution < -0.4 is 0 Å². The summed E-state index contributed by atoms with van der Waals surface area (Å²) in [5.41, 5.74) is 1.34. The van der Waals surface area contributed by atoms with Gasteiger partial charge in [0.1, 0.15) is 0 Å². The van der Waals surface area contributed by atoms with Crippen molar-refractivity contribution in [2.45, 2.75) is 24.9 Å². The van der Waals surface area contributed by atoms with Crippen LogP contribution in [0.3, 0.4) is 0 Å². The van der Waals surface area contributed by atoms with Crippen LogP contribution in [0.4, 0.5) is 0 Å². The highest BCUT2D eigenvalue weighted by Gasteiger charge is 2.17. The quantitative estimate of drug-likeness (QED) is 0.783. The Balaban J connectivity index is 2.35. The summed E-state index contributed by atoms with van der Waals surface area (Å²) in [6.45, 7) is 1.95. The molecule has 5 nitrogen and oxygen atoms in total. The molecular formula is C13H15N3O2S. The Bertz CT molecular complexity index is 642. The van der Waals surface area contributed by atoms with Crippen molar-refractivity contribution in [2.75, 3.05) is 5.75 Å². The molecule has 0 saturated heterocycles. The second-order valence-corrected chi connectivity index (χ2v) is 6.14. The summed E-state index contributed by atoms with van der Waals surface area (Å²) < 4.78 is 24.1. The van der Waals surface area contributed by atoms with Gasteiger partial charge in [0.05, 0.1) is 11.4 Å². The molecule has 2 rings (SSSR count). The maximum atomic E-state index is 12.0. The molecule has 0 unspecified atom stereocenters. The number of pyridine rings is 1. The number of hydrogen-bond acceptors (Lipinski definition) is 5. The summed E-state index contributed by atoms with van der Waals surface area (Å²) in [5, 5.41) is -0.109. The number of sulfone groups is 1. The summed E-state index contributed by atoms with van der Waals surface area (Å²) in [4.78, 5) is 12.0. The van der Waals surface area contributed by atoms with Crippen molar-refractivity contribution in [2.24, 2.45) is 0 Å². The van der Waals surface area contributed by atoms with Gasteiger partial charge in [-0.05, 0) is 24.6 Å². The molecule has 0 fully saturated rings. The average Bonchev–Trinajstić information content (AvgIpc) is 2.46. The van der Waals surface area contributed by atoms with Gasteiger partial charge >= 0.3 is 0 Å². The zero-order valence-electron chi connectivity index (χ0n) is 10.7. The van der Waals surface area contributed by atoms with Crippen LogP contribution >= 0.6 is 0 Å². The predicted molar refractivity (Wildman–Crippen MR) is 72.2 cm³/mol. The van der Waals surface area contributed by atoms with Crippen LogP contribution in [0.1, 0.15) is 19.8 Å². The standard InChI is InChI=1S/C13H15N3O2S/c1-2-3-9-19(17,18)13-15-8-6-12(16-13)11-5-4-7-14-10-11/h4-8,10H,2-3,9H2,1H3. The lowest BCUT2D eigenvalue weighted by molar-refractivity contribution is 0.583. The summed E-state index contributed by atoms with van der Waals surface area (Å²) in [7, 11) is -3.40. The van der Waals surface area contributed by atoms with Gasteiger partial charge in [0.2, 0.25) is 15.0 Å². The van der Waals surface area contributed by atoms with Crippen LogP contribution in [0.5, 0.6) is 0 Å². The highest BCUT2D eigenvalue weighted by atomic mass is 32.2. The van der Waals surface area contributed by atoms with E-state index in [1.807, 2.05) is 13.0 Å². The minimum atomic E-state index is -3.40. The van der Waals surface area contributed by atoms with Crippen molar-refractivity contribution in [1.29, 1.82) is 0 Å². The Kier molecular flexibility index (Phi) is 4.21. The Morgan fingerprint density at radius 3 is 2.74 bits per heavy atom. The molecule has 0 aliphatic rings. The summed E-state index contributed by atoms with van der Waals surface area (Å²) in [6.07, 6.45) is 6.20. The van der Waals surface area contributed by atoms with E-state index in [-0.39, 0.29) is 10.9 Å². The Morgan fingerprint density at radius 2 is 2.05 bits per heavy atom. The molecular weight excluding hydrogens is 262 g/mol. The number of unbranched alkanes of at least 4 members (excludes halogenated alkanes) is 1. The van der Waals surface area contributed by atoms with Crippen molar-refractivity contribution in [3.05, 3.63) is 36.8 Å². The normalized spacial score (nSPS) is 11.4. The third-order valence-corrected chi connectivity index (χ3v) is 4.21. The molecule has 0 saturated carbocycles. The van der Waals surface area contributed by atoms with Gasteiger partial charge in [0.15, 0.2) is 0 Å². The molecule has 100 valence electrons. The first-order valence-corrected chi connectivity index (χ1v) is 7.75. The van der Waals surface area contributed by atoms with Gasteiger partial charge in [-0.2, -0.15) is 0 Å². The van der Waals surface area contributed by atoms with Crippen LogP contribution in [0.15, 0.2) is 41.9 Å². The molecule has 0 aliphatic heterocycles. The second kappa shape index (κ2) is 5.88. The van der Waals surface area contributed by atoms with Crippen LogP contribution in [0.2, 0.25) is 0 Å². The molecule has 19 heavy (non-hydrogen) atoms. The molecule has 0 spiro atoms. The molecule has 0 N–H and O–H groups in total. The van der Waals surface area contributed by atoms with E-state index in [9.17, 15) is 8.42 Å². The van der Waals surface area contributed by atoms with Gasteiger partial charge in [-0.1, -0.05) is 13.3 Å². The highest BCUT2D eigenvalue weighted by Crippen LogP contribution is 2.16. The van der Waals surface area contributed by atoms with E-state index in [2.05, 4.69) is 15.0 Å². The second-order valence-electron chi connectivity index (χ2n) is 4.14. The molecule has 0 atom stereocenters. The average molecular weight is 277 g/mol. The first-order valence-electron chi connectivity index (χ1n) is 6.09. The molecule has 0 amide bonds. The zero-order chi connectivity index (χ0) is 13.7. The molecule has 0 radical (unpaired) electrons. The number of nitrogens with zero attached hydrogens (tertiary/aromatic N) is 3. The van der Waals surface area contributed by atoms with Gasteiger partial charge in [-0.15, -0.1) is 0 Å². The molecule has 0 bridgehead atoms. The molecule has 0 aliphatic carbocycles. The number of aromatic nitrogens is 3. The van der Waals surface area contributed by atoms with E-state index in [0.717, 1.165) is 12.0 Å². The lowest BCUT2D eigenvalue weighted by Crippen LogP contribution is -2.11. The van der Waals surface area contributed by atoms with E-state index in [0.29, 0.717) is 12.1 Å². The number of rotatable bonds is 5. The fourth-order valence-corrected chi connectivity index (χ4v) is 2.90. The third-order valence-electron chi connectivity index (χ3n) is 2.64.